The van der Waals surface area contributed by atoms with E-state index >= 15 is 0 Å². The predicted octanol–water partition coefficient (Wildman–Crippen LogP) is 4.96. The normalized spacial score (nSPS) is 11.2. The molecule has 4 aromatic rings. The second kappa shape index (κ2) is 8.96. The Kier molecular flexibility index (Phi) is 6.07. The molecule has 0 bridgehead atoms. The minimum atomic E-state index is -4.03. The van der Waals surface area contributed by atoms with Crippen molar-refractivity contribution < 1.29 is 18.1 Å². The lowest BCUT2D eigenvalue weighted by molar-refractivity contribution is -0.384. The number of sulfonamides is 1. The van der Waals surface area contributed by atoms with E-state index in [0.29, 0.717) is 4.47 Å². The summed E-state index contributed by atoms with van der Waals surface area (Å²) in [4.78, 5) is 27.2. The Labute approximate surface area is 196 Å². The summed E-state index contributed by atoms with van der Waals surface area (Å²) < 4.78 is 28.7. The average molecular weight is 527 g/mol. The molecule has 1 aromatic heterocycles. The number of hydrogen-bond acceptors (Lipinski definition) is 6. The Balaban J connectivity index is 1.60. The van der Waals surface area contributed by atoms with Gasteiger partial charge >= 0.3 is 0 Å². The van der Waals surface area contributed by atoms with Crippen LogP contribution in [0.25, 0.3) is 10.9 Å². The number of nitro benzene ring substituents is 1. The van der Waals surface area contributed by atoms with E-state index in [1.165, 1.54) is 48.7 Å². The van der Waals surface area contributed by atoms with Crippen LogP contribution in [0.2, 0.25) is 0 Å². The molecule has 33 heavy (non-hydrogen) atoms. The van der Waals surface area contributed by atoms with Crippen LogP contribution in [0.1, 0.15) is 10.4 Å². The van der Waals surface area contributed by atoms with E-state index in [9.17, 15) is 23.3 Å². The Bertz CT molecular complexity index is 1510. The molecule has 0 saturated carbocycles. The van der Waals surface area contributed by atoms with Gasteiger partial charge in [-0.25, -0.2) is 8.42 Å². The number of benzene rings is 3. The fraction of sp³-hybridized carbons (Fsp3) is 0. The van der Waals surface area contributed by atoms with Gasteiger partial charge in [0.15, 0.2) is 0 Å². The summed E-state index contributed by atoms with van der Waals surface area (Å²) in [6, 6.07) is 18.4. The topological polar surface area (TPSA) is 131 Å². The van der Waals surface area contributed by atoms with E-state index in [1.807, 2.05) is 24.3 Å². The Morgan fingerprint density at radius 1 is 0.970 bits per heavy atom. The molecule has 0 aliphatic heterocycles. The van der Waals surface area contributed by atoms with Crippen molar-refractivity contribution >= 4 is 59.8 Å². The Morgan fingerprint density at radius 2 is 1.76 bits per heavy atom. The van der Waals surface area contributed by atoms with Crippen LogP contribution in [0, 0.1) is 10.1 Å². The van der Waals surface area contributed by atoms with Crippen LogP contribution in [-0.4, -0.2) is 24.2 Å². The molecule has 11 heteroatoms. The predicted molar refractivity (Wildman–Crippen MR) is 128 cm³/mol. The van der Waals surface area contributed by atoms with Gasteiger partial charge in [-0.3, -0.25) is 24.6 Å². The van der Waals surface area contributed by atoms with Crippen molar-refractivity contribution in [2.75, 3.05) is 10.0 Å². The van der Waals surface area contributed by atoms with Gasteiger partial charge in [-0.1, -0.05) is 24.3 Å². The number of pyridine rings is 1. The molecule has 0 spiro atoms. The van der Waals surface area contributed by atoms with E-state index in [-0.39, 0.29) is 27.5 Å². The lowest BCUT2D eigenvalue weighted by Crippen LogP contribution is -2.16. The number of amides is 1. The SMILES string of the molecule is O=C(Nc1cccc([N+](=O)[O-])c1)c1cc(S(=O)(=O)Nc2cnc3ccccc3c2)ccc1Br. The zero-order valence-electron chi connectivity index (χ0n) is 16.7. The number of rotatable bonds is 6. The van der Waals surface area contributed by atoms with Crippen LogP contribution in [0.4, 0.5) is 17.1 Å². The quantitative estimate of drug-likeness (QED) is 0.269. The zero-order chi connectivity index (χ0) is 23.6. The van der Waals surface area contributed by atoms with Gasteiger partial charge in [0, 0.05) is 27.7 Å². The molecule has 166 valence electrons. The number of hydrogen-bond donors (Lipinski definition) is 2. The summed E-state index contributed by atoms with van der Waals surface area (Å²) in [5.74, 6) is -0.633. The molecule has 0 aliphatic rings. The van der Waals surface area contributed by atoms with Crippen molar-refractivity contribution in [3.8, 4) is 0 Å². The maximum Gasteiger partial charge on any atom is 0.271 e. The van der Waals surface area contributed by atoms with Crippen molar-refractivity contribution in [3.63, 3.8) is 0 Å². The van der Waals surface area contributed by atoms with E-state index in [1.54, 1.807) is 6.07 Å². The molecule has 0 radical (unpaired) electrons. The first-order chi connectivity index (χ1) is 15.7. The number of nitrogens with one attached hydrogen (secondary N) is 2. The van der Waals surface area contributed by atoms with Crippen molar-refractivity contribution in [2.45, 2.75) is 4.90 Å². The molecule has 1 heterocycles. The highest BCUT2D eigenvalue weighted by atomic mass is 79.9. The van der Waals surface area contributed by atoms with Crippen LogP contribution in [0.5, 0.6) is 0 Å². The number of carbonyl (C=O) groups is 1. The fourth-order valence-corrected chi connectivity index (χ4v) is 4.57. The van der Waals surface area contributed by atoms with E-state index in [0.717, 1.165) is 10.9 Å². The number of carbonyl (C=O) groups excluding carboxylic acids is 1. The molecule has 0 aliphatic carbocycles. The number of nitrogens with zero attached hydrogens (tertiary/aromatic N) is 2. The molecule has 1 amide bonds. The molecule has 0 atom stereocenters. The lowest BCUT2D eigenvalue weighted by Gasteiger charge is -2.11. The molecular formula is C22H15BrN4O5S. The number of aromatic nitrogens is 1. The number of non-ortho nitro benzene ring substituents is 1. The smallest absolute Gasteiger partial charge is 0.271 e. The third-order valence-electron chi connectivity index (χ3n) is 4.65. The number of anilines is 2. The van der Waals surface area contributed by atoms with Gasteiger partial charge in [-0.05, 0) is 52.3 Å². The van der Waals surface area contributed by atoms with Crippen molar-refractivity contribution in [2.24, 2.45) is 0 Å². The van der Waals surface area contributed by atoms with Crippen molar-refractivity contribution in [1.82, 2.24) is 4.98 Å². The third kappa shape index (κ3) is 4.99. The summed E-state index contributed by atoms with van der Waals surface area (Å²) in [6.45, 7) is 0. The largest absolute Gasteiger partial charge is 0.322 e. The highest BCUT2D eigenvalue weighted by molar-refractivity contribution is 9.10. The molecule has 0 fully saturated rings. The molecule has 3 aromatic carbocycles. The van der Waals surface area contributed by atoms with Gasteiger partial charge < -0.3 is 5.32 Å². The molecule has 0 unspecified atom stereocenters. The Hall–Kier alpha value is -3.83. The van der Waals surface area contributed by atoms with E-state index in [4.69, 9.17) is 0 Å². The number of halogens is 1. The van der Waals surface area contributed by atoms with Gasteiger partial charge in [0.1, 0.15) is 0 Å². The second-order valence-corrected chi connectivity index (χ2v) is 9.46. The summed E-state index contributed by atoms with van der Waals surface area (Å²) in [6.07, 6.45) is 1.41. The van der Waals surface area contributed by atoms with Gasteiger partial charge in [-0.15, -0.1) is 0 Å². The average Bonchev–Trinajstić information content (AvgIpc) is 2.79. The van der Waals surface area contributed by atoms with Crippen LogP contribution in [0.15, 0.2) is 88.4 Å². The van der Waals surface area contributed by atoms with Gasteiger partial charge in [0.25, 0.3) is 21.6 Å². The number of nitro groups is 1. The molecule has 9 nitrogen and oxygen atoms in total. The van der Waals surface area contributed by atoms with Gasteiger partial charge in [-0.2, -0.15) is 0 Å². The minimum Gasteiger partial charge on any atom is -0.322 e. The maximum atomic E-state index is 12.9. The highest BCUT2D eigenvalue weighted by Gasteiger charge is 2.20. The molecule has 4 rings (SSSR count). The standard InChI is InChI=1S/C22H15BrN4O5S/c23-20-9-8-18(12-19(20)22(28)25-15-5-3-6-17(11-15)27(29)30)33(31,32)26-16-10-14-4-1-2-7-21(14)24-13-16/h1-13,26H,(H,25,28). The molecule has 0 saturated heterocycles. The van der Waals surface area contributed by atoms with Crippen LogP contribution in [-0.2, 0) is 10.0 Å². The van der Waals surface area contributed by atoms with Crippen molar-refractivity contribution in [1.29, 1.82) is 0 Å². The first kappa shape index (κ1) is 22.4. The first-order valence-electron chi connectivity index (χ1n) is 9.46. The summed E-state index contributed by atoms with van der Waals surface area (Å²) >= 11 is 3.25. The monoisotopic (exact) mass is 526 g/mol. The summed E-state index contributed by atoms with van der Waals surface area (Å²) in [5, 5.41) is 14.3. The van der Waals surface area contributed by atoms with E-state index in [2.05, 4.69) is 31.0 Å². The number of para-hydroxylation sites is 1. The highest BCUT2D eigenvalue weighted by Crippen LogP contribution is 2.25. The van der Waals surface area contributed by atoms with Gasteiger partial charge in [0.05, 0.1) is 32.8 Å². The Morgan fingerprint density at radius 3 is 2.55 bits per heavy atom. The maximum absolute atomic E-state index is 12.9. The lowest BCUT2D eigenvalue weighted by atomic mass is 10.2. The first-order valence-corrected chi connectivity index (χ1v) is 11.7. The fourth-order valence-electron chi connectivity index (χ4n) is 3.08. The third-order valence-corrected chi connectivity index (χ3v) is 6.72. The molecule has 2 N–H and O–H groups in total. The summed E-state index contributed by atoms with van der Waals surface area (Å²) in [5.41, 5.74) is 1.07. The van der Waals surface area contributed by atoms with Gasteiger partial charge in [0.2, 0.25) is 0 Å². The van der Waals surface area contributed by atoms with Crippen LogP contribution in [0.3, 0.4) is 0 Å². The van der Waals surface area contributed by atoms with Crippen LogP contribution < -0.4 is 10.0 Å². The van der Waals surface area contributed by atoms with E-state index < -0.39 is 20.9 Å². The summed E-state index contributed by atoms with van der Waals surface area (Å²) in [7, 11) is -4.03. The number of fused-ring (bicyclic) bond motifs is 1. The van der Waals surface area contributed by atoms with Crippen LogP contribution >= 0.6 is 15.9 Å². The van der Waals surface area contributed by atoms with Crippen molar-refractivity contribution in [3.05, 3.63) is 99.1 Å². The second-order valence-electron chi connectivity index (χ2n) is 6.93. The zero-order valence-corrected chi connectivity index (χ0v) is 19.1. The minimum absolute atomic E-state index is 0.0426. The molecular weight excluding hydrogens is 512 g/mol.